The molecule has 0 atom stereocenters. The third-order valence-corrected chi connectivity index (χ3v) is 5.33. The number of nitrogens with zero attached hydrogens (tertiary/aromatic N) is 3. The number of carbonyl (C=O) groups is 1. The molecule has 0 radical (unpaired) electrons. The summed E-state index contributed by atoms with van der Waals surface area (Å²) in [6.45, 7) is 10.6. The molecule has 1 aromatic heterocycles. The average Bonchev–Trinajstić information content (AvgIpc) is 3.01. The maximum Gasteiger partial charge on any atom is 0.254 e. The number of aromatic nitrogens is 2. The number of amides is 1. The van der Waals surface area contributed by atoms with Gasteiger partial charge in [0, 0.05) is 23.7 Å². The quantitative estimate of drug-likeness (QED) is 0.449. The van der Waals surface area contributed by atoms with Crippen LogP contribution in [0.3, 0.4) is 0 Å². The van der Waals surface area contributed by atoms with Crippen molar-refractivity contribution in [3.05, 3.63) is 64.4 Å². The number of benzene rings is 2. The van der Waals surface area contributed by atoms with E-state index in [0.717, 1.165) is 47.4 Å². The van der Waals surface area contributed by atoms with Crippen LogP contribution >= 0.6 is 11.6 Å². The standard InChI is InChI=1S/C24H30ClN3O/c1-5-12-28-22-15-20(25)9-10-21(22)26-23(28)16-27(13-11-17(2)3)24(29)19-8-6-7-18(4)14-19/h6-10,14-15,17H,5,11-13,16H2,1-4H3. The lowest BCUT2D eigenvalue weighted by Gasteiger charge is -2.24. The first-order valence-electron chi connectivity index (χ1n) is 10.4. The van der Waals surface area contributed by atoms with Gasteiger partial charge in [-0.1, -0.05) is 50.1 Å². The van der Waals surface area contributed by atoms with Crippen LogP contribution < -0.4 is 0 Å². The molecule has 0 aliphatic heterocycles. The van der Waals surface area contributed by atoms with E-state index in [1.807, 2.05) is 54.3 Å². The predicted molar refractivity (Wildman–Crippen MR) is 120 cm³/mol. The summed E-state index contributed by atoms with van der Waals surface area (Å²) in [7, 11) is 0. The number of halogens is 1. The summed E-state index contributed by atoms with van der Waals surface area (Å²) in [5.74, 6) is 1.49. The van der Waals surface area contributed by atoms with Gasteiger partial charge in [0.25, 0.3) is 5.91 Å². The van der Waals surface area contributed by atoms with Crippen LogP contribution in [-0.2, 0) is 13.1 Å². The van der Waals surface area contributed by atoms with Gasteiger partial charge in [0.05, 0.1) is 17.6 Å². The zero-order valence-corrected chi connectivity index (χ0v) is 18.5. The normalized spacial score (nSPS) is 11.4. The van der Waals surface area contributed by atoms with Crippen molar-refractivity contribution in [1.29, 1.82) is 0 Å². The molecule has 29 heavy (non-hydrogen) atoms. The van der Waals surface area contributed by atoms with E-state index in [2.05, 4.69) is 25.3 Å². The largest absolute Gasteiger partial charge is 0.331 e. The van der Waals surface area contributed by atoms with Gasteiger partial charge in [-0.05, 0) is 56.0 Å². The maximum absolute atomic E-state index is 13.3. The maximum atomic E-state index is 13.3. The number of hydrogen-bond acceptors (Lipinski definition) is 2. The van der Waals surface area contributed by atoms with E-state index in [0.29, 0.717) is 24.0 Å². The van der Waals surface area contributed by atoms with E-state index < -0.39 is 0 Å². The minimum Gasteiger partial charge on any atom is -0.331 e. The Morgan fingerprint density at radius 1 is 1.21 bits per heavy atom. The van der Waals surface area contributed by atoms with E-state index >= 15 is 0 Å². The van der Waals surface area contributed by atoms with Crippen molar-refractivity contribution in [3.63, 3.8) is 0 Å². The molecule has 0 N–H and O–H groups in total. The van der Waals surface area contributed by atoms with Crippen LogP contribution in [0.5, 0.6) is 0 Å². The van der Waals surface area contributed by atoms with Gasteiger partial charge in [-0.3, -0.25) is 4.79 Å². The molecule has 0 spiro atoms. The van der Waals surface area contributed by atoms with E-state index in [-0.39, 0.29) is 5.91 Å². The molecule has 0 aliphatic carbocycles. The predicted octanol–water partition coefficient (Wildman–Crippen LogP) is 6.10. The molecule has 0 aliphatic rings. The van der Waals surface area contributed by atoms with Crippen molar-refractivity contribution in [2.45, 2.75) is 53.6 Å². The van der Waals surface area contributed by atoms with Crippen molar-refractivity contribution in [2.24, 2.45) is 5.92 Å². The minimum absolute atomic E-state index is 0.0579. The third-order valence-electron chi connectivity index (χ3n) is 5.10. The summed E-state index contributed by atoms with van der Waals surface area (Å²) in [4.78, 5) is 20.1. The molecule has 5 heteroatoms. The van der Waals surface area contributed by atoms with Crippen molar-refractivity contribution in [2.75, 3.05) is 6.54 Å². The van der Waals surface area contributed by atoms with Gasteiger partial charge >= 0.3 is 0 Å². The highest BCUT2D eigenvalue weighted by molar-refractivity contribution is 6.31. The van der Waals surface area contributed by atoms with Crippen molar-refractivity contribution < 1.29 is 4.79 Å². The molecular formula is C24H30ClN3O. The average molecular weight is 412 g/mol. The van der Waals surface area contributed by atoms with Crippen LogP contribution in [0.2, 0.25) is 5.02 Å². The molecule has 3 aromatic rings. The van der Waals surface area contributed by atoms with Crippen molar-refractivity contribution in [1.82, 2.24) is 14.5 Å². The Bertz CT molecular complexity index is 993. The molecule has 0 bridgehead atoms. The summed E-state index contributed by atoms with van der Waals surface area (Å²) in [5.41, 5.74) is 3.77. The Kier molecular flexibility index (Phi) is 6.96. The van der Waals surface area contributed by atoms with Crippen LogP contribution in [-0.4, -0.2) is 26.9 Å². The number of aryl methyl sites for hydroxylation is 2. The lowest BCUT2D eigenvalue weighted by atomic mass is 10.1. The Morgan fingerprint density at radius 2 is 2.00 bits per heavy atom. The fourth-order valence-electron chi connectivity index (χ4n) is 3.54. The summed E-state index contributed by atoms with van der Waals surface area (Å²) in [5, 5.41) is 0.703. The Balaban J connectivity index is 1.96. The summed E-state index contributed by atoms with van der Waals surface area (Å²) >= 11 is 6.23. The summed E-state index contributed by atoms with van der Waals surface area (Å²) < 4.78 is 2.20. The zero-order chi connectivity index (χ0) is 21.0. The zero-order valence-electron chi connectivity index (χ0n) is 17.8. The second kappa shape index (κ2) is 9.45. The smallest absolute Gasteiger partial charge is 0.254 e. The summed E-state index contributed by atoms with van der Waals surface area (Å²) in [6, 6.07) is 13.6. The van der Waals surface area contributed by atoms with Gasteiger partial charge in [0.2, 0.25) is 0 Å². The molecule has 154 valence electrons. The van der Waals surface area contributed by atoms with Gasteiger partial charge in [0.15, 0.2) is 0 Å². The molecule has 4 nitrogen and oxygen atoms in total. The van der Waals surface area contributed by atoms with E-state index in [4.69, 9.17) is 16.6 Å². The highest BCUT2D eigenvalue weighted by Gasteiger charge is 2.20. The second-order valence-electron chi connectivity index (χ2n) is 8.09. The number of rotatable bonds is 8. The number of fused-ring (bicyclic) bond motifs is 1. The highest BCUT2D eigenvalue weighted by Crippen LogP contribution is 2.23. The molecular weight excluding hydrogens is 382 g/mol. The first kappa shape index (κ1) is 21.4. The SMILES string of the molecule is CCCn1c(CN(CCC(C)C)C(=O)c2cccc(C)c2)nc2ccc(Cl)cc21. The van der Waals surface area contributed by atoms with Crippen LogP contribution in [0.25, 0.3) is 11.0 Å². The lowest BCUT2D eigenvalue weighted by molar-refractivity contribution is 0.0729. The van der Waals surface area contributed by atoms with Crippen LogP contribution in [0.4, 0.5) is 0 Å². The fraction of sp³-hybridized carbons (Fsp3) is 0.417. The van der Waals surface area contributed by atoms with Gasteiger partial charge < -0.3 is 9.47 Å². The lowest BCUT2D eigenvalue weighted by Crippen LogP contribution is -2.33. The molecule has 0 fully saturated rings. The van der Waals surface area contributed by atoms with E-state index in [1.165, 1.54) is 0 Å². The van der Waals surface area contributed by atoms with Crippen LogP contribution in [0.1, 0.15) is 55.4 Å². The molecule has 1 heterocycles. The molecule has 0 unspecified atom stereocenters. The van der Waals surface area contributed by atoms with E-state index in [9.17, 15) is 4.79 Å². The fourth-order valence-corrected chi connectivity index (χ4v) is 3.70. The Morgan fingerprint density at radius 3 is 2.69 bits per heavy atom. The van der Waals surface area contributed by atoms with Gasteiger partial charge in [-0.25, -0.2) is 4.98 Å². The number of imidazole rings is 1. The summed E-state index contributed by atoms with van der Waals surface area (Å²) in [6.07, 6.45) is 1.94. The molecule has 3 rings (SSSR count). The van der Waals surface area contributed by atoms with Crippen molar-refractivity contribution in [3.8, 4) is 0 Å². The molecule has 0 saturated carbocycles. The highest BCUT2D eigenvalue weighted by atomic mass is 35.5. The van der Waals surface area contributed by atoms with Crippen molar-refractivity contribution >= 4 is 28.5 Å². The molecule has 2 aromatic carbocycles. The molecule has 0 saturated heterocycles. The van der Waals surface area contributed by atoms with Crippen LogP contribution in [0, 0.1) is 12.8 Å². The second-order valence-corrected chi connectivity index (χ2v) is 8.53. The Labute approximate surface area is 178 Å². The third kappa shape index (κ3) is 5.18. The minimum atomic E-state index is 0.0579. The number of hydrogen-bond donors (Lipinski definition) is 0. The first-order valence-corrected chi connectivity index (χ1v) is 10.8. The molecule has 1 amide bonds. The topological polar surface area (TPSA) is 38.1 Å². The van der Waals surface area contributed by atoms with Gasteiger partial charge in [-0.2, -0.15) is 0 Å². The van der Waals surface area contributed by atoms with Crippen LogP contribution in [0.15, 0.2) is 42.5 Å². The Hall–Kier alpha value is -2.33. The van der Waals surface area contributed by atoms with Gasteiger partial charge in [-0.15, -0.1) is 0 Å². The number of carbonyl (C=O) groups excluding carboxylic acids is 1. The monoisotopic (exact) mass is 411 g/mol. The first-order chi connectivity index (χ1) is 13.9. The van der Waals surface area contributed by atoms with E-state index in [1.54, 1.807) is 0 Å². The van der Waals surface area contributed by atoms with Gasteiger partial charge in [0.1, 0.15) is 5.82 Å².